The summed E-state index contributed by atoms with van der Waals surface area (Å²) in [6, 6.07) is 5.85. The van der Waals surface area contributed by atoms with Crippen LogP contribution in [0.25, 0.3) is 0 Å². The molecule has 0 unspecified atom stereocenters. The van der Waals surface area contributed by atoms with Gasteiger partial charge < -0.3 is 4.90 Å². The summed E-state index contributed by atoms with van der Waals surface area (Å²) in [6.45, 7) is 4.00. The van der Waals surface area contributed by atoms with Crippen molar-refractivity contribution >= 4 is 17.5 Å². The summed E-state index contributed by atoms with van der Waals surface area (Å²) in [6.07, 6.45) is 3.46. The lowest BCUT2D eigenvalue weighted by molar-refractivity contribution is 0.0592. The molecule has 6 heteroatoms. The van der Waals surface area contributed by atoms with E-state index >= 15 is 0 Å². The molecule has 104 valence electrons. The molecule has 0 bridgehead atoms. The summed E-state index contributed by atoms with van der Waals surface area (Å²) < 4.78 is 1.67. The molecule has 0 atom stereocenters. The molecule has 0 N–H and O–H groups in total. The molecule has 20 heavy (non-hydrogen) atoms. The van der Waals surface area contributed by atoms with Gasteiger partial charge in [0, 0.05) is 43.6 Å². The predicted octanol–water partition coefficient (Wildman–Crippen LogP) is 2.19. The van der Waals surface area contributed by atoms with Gasteiger partial charge in [-0.25, -0.2) is 0 Å². The average molecular weight is 291 g/mol. The standard InChI is InChI=1S/C14H15ClN4O/c1-2-19-9-11(15)13(17-19)14(20)18-7-10(8-18)12-5-3-4-6-16-12/h3-6,9-10H,2,7-8H2,1H3. The first kappa shape index (κ1) is 13.1. The van der Waals surface area contributed by atoms with Crippen molar-refractivity contribution in [2.24, 2.45) is 0 Å². The Labute approximate surface area is 122 Å². The van der Waals surface area contributed by atoms with Gasteiger partial charge in [0.1, 0.15) is 0 Å². The van der Waals surface area contributed by atoms with E-state index in [0.717, 1.165) is 5.69 Å². The quantitative estimate of drug-likeness (QED) is 0.871. The first-order valence-electron chi connectivity index (χ1n) is 6.62. The van der Waals surface area contributed by atoms with Crippen molar-refractivity contribution in [3.63, 3.8) is 0 Å². The third-order valence-electron chi connectivity index (χ3n) is 3.52. The fraction of sp³-hybridized carbons (Fsp3) is 0.357. The predicted molar refractivity (Wildman–Crippen MR) is 75.8 cm³/mol. The van der Waals surface area contributed by atoms with Gasteiger partial charge in [0.15, 0.2) is 5.69 Å². The third kappa shape index (κ3) is 2.29. The first-order valence-corrected chi connectivity index (χ1v) is 7.00. The molecule has 0 aliphatic carbocycles. The number of aryl methyl sites for hydroxylation is 1. The van der Waals surface area contributed by atoms with Crippen LogP contribution in [-0.2, 0) is 6.54 Å². The number of carbonyl (C=O) groups is 1. The van der Waals surface area contributed by atoms with E-state index in [1.807, 2.05) is 25.1 Å². The Morgan fingerprint density at radius 2 is 2.25 bits per heavy atom. The molecule has 3 rings (SSSR count). The molecule has 0 saturated carbocycles. The lowest BCUT2D eigenvalue weighted by atomic mass is 9.95. The maximum atomic E-state index is 12.3. The molecule has 0 spiro atoms. The summed E-state index contributed by atoms with van der Waals surface area (Å²) in [4.78, 5) is 18.4. The molecule has 1 fully saturated rings. The van der Waals surface area contributed by atoms with Crippen LogP contribution < -0.4 is 0 Å². The maximum absolute atomic E-state index is 12.3. The van der Waals surface area contributed by atoms with Crippen LogP contribution in [0.5, 0.6) is 0 Å². The minimum absolute atomic E-state index is 0.102. The zero-order valence-corrected chi connectivity index (χ0v) is 11.9. The highest BCUT2D eigenvalue weighted by Gasteiger charge is 2.34. The van der Waals surface area contributed by atoms with Crippen molar-refractivity contribution in [1.29, 1.82) is 0 Å². The van der Waals surface area contributed by atoms with Crippen LogP contribution >= 0.6 is 11.6 Å². The summed E-state index contributed by atoms with van der Waals surface area (Å²) in [5.74, 6) is 0.210. The van der Waals surface area contributed by atoms with Crippen LogP contribution in [0.15, 0.2) is 30.6 Å². The number of carbonyl (C=O) groups excluding carboxylic acids is 1. The van der Waals surface area contributed by atoms with Gasteiger partial charge in [0.25, 0.3) is 5.91 Å². The summed E-state index contributed by atoms with van der Waals surface area (Å²) in [7, 11) is 0. The minimum atomic E-state index is -0.102. The molecule has 0 radical (unpaired) electrons. The van der Waals surface area contributed by atoms with Gasteiger partial charge in [0.2, 0.25) is 0 Å². The highest BCUT2D eigenvalue weighted by atomic mass is 35.5. The van der Waals surface area contributed by atoms with E-state index in [4.69, 9.17) is 11.6 Å². The smallest absolute Gasteiger partial charge is 0.275 e. The van der Waals surface area contributed by atoms with Gasteiger partial charge in [-0.3, -0.25) is 14.5 Å². The summed E-state index contributed by atoms with van der Waals surface area (Å²) >= 11 is 6.05. The van der Waals surface area contributed by atoms with Crippen molar-refractivity contribution in [2.75, 3.05) is 13.1 Å². The van der Waals surface area contributed by atoms with E-state index in [1.165, 1.54) is 0 Å². The minimum Gasteiger partial charge on any atom is -0.336 e. The van der Waals surface area contributed by atoms with E-state index in [9.17, 15) is 4.79 Å². The topological polar surface area (TPSA) is 51.0 Å². The van der Waals surface area contributed by atoms with E-state index in [2.05, 4.69) is 10.1 Å². The zero-order chi connectivity index (χ0) is 14.1. The molecular weight excluding hydrogens is 276 g/mol. The largest absolute Gasteiger partial charge is 0.336 e. The molecule has 1 saturated heterocycles. The number of halogens is 1. The van der Waals surface area contributed by atoms with Crippen molar-refractivity contribution < 1.29 is 4.79 Å². The molecule has 3 heterocycles. The molecule has 1 aliphatic heterocycles. The SMILES string of the molecule is CCn1cc(Cl)c(C(=O)N2CC(c3ccccn3)C2)n1. The number of aromatic nitrogens is 3. The van der Waals surface area contributed by atoms with Gasteiger partial charge in [-0.2, -0.15) is 5.10 Å². The monoisotopic (exact) mass is 290 g/mol. The van der Waals surface area contributed by atoms with Crippen LogP contribution in [0.2, 0.25) is 5.02 Å². The molecule has 2 aromatic heterocycles. The highest BCUT2D eigenvalue weighted by molar-refractivity contribution is 6.33. The maximum Gasteiger partial charge on any atom is 0.275 e. The van der Waals surface area contributed by atoms with Gasteiger partial charge >= 0.3 is 0 Å². The number of pyridine rings is 1. The lowest BCUT2D eigenvalue weighted by Gasteiger charge is -2.38. The number of hydrogen-bond donors (Lipinski definition) is 0. The van der Waals surface area contributed by atoms with E-state index in [1.54, 1.807) is 22.0 Å². The normalized spacial score (nSPS) is 15.2. The fourth-order valence-corrected chi connectivity index (χ4v) is 2.53. The van der Waals surface area contributed by atoms with Gasteiger partial charge in [-0.1, -0.05) is 17.7 Å². The second-order valence-electron chi connectivity index (χ2n) is 4.84. The van der Waals surface area contributed by atoms with Crippen LogP contribution in [0.1, 0.15) is 29.0 Å². The average Bonchev–Trinajstić information content (AvgIpc) is 2.79. The van der Waals surface area contributed by atoms with Crippen molar-refractivity contribution in [3.8, 4) is 0 Å². The van der Waals surface area contributed by atoms with E-state index in [-0.39, 0.29) is 5.91 Å². The molecule has 1 aliphatic rings. The van der Waals surface area contributed by atoms with E-state index < -0.39 is 0 Å². The number of hydrogen-bond acceptors (Lipinski definition) is 3. The third-order valence-corrected chi connectivity index (χ3v) is 3.80. The van der Waals surface area contributed by atoms with Crippen molar-refractivity contribution in [3.05, 3.63) is 47.0 Å². The van der Waals surface area contributed by atoms with Crippen LogP contribution in [0.3, 0.4) is 0 Å². The molecule has 2 aromatic rings. The van der Waals surface area contributed by atoms with Gasteiger partial charge in [0.05, 0.1) is 5.02 Å². The van der Waals surface area contributed by atoms with Gasteiger partial charge in [-0.15, -0.1) is 0 Å². The van der Waals surface area contributed by atoms with Crippen LogP contribution in [0.4, 0.5) is 0 Å². The molecule has 1 amide bonds. The number of rotatable bonds is 3. The Bertz CT molecular complexity index is 619. The number of nitrogens with zero attached hydrogens (tertiary/aromatic N) is 4. The number of amides is 1. The second-order valence-corrected chi connectivity index (χ2v) is 5.25. The lowest BCUT2D eigenvalue weighted by Crippen LogP contribution is -2.48. The Kier molecular flexibility index (Phi) is 3.44. The Morgan fingerprint density at radius 3 is 2.85 bits per heavy atom. The summed E-state index contributed by atoms with van der Waals surface area (Å²) in [5.41, 5.74) is 1.37. The second kappa shape index (κ2) is 5.25. The molecular formula is C14H15ClN4O. The molecule has 5 nitrogen and oxygen atoms in total. The van der Waals surface area contributed by atoms with Crippen LogP contribution in [0, 0.1) is 0 Å². The first-order chi connectivity index (χ1) is 9.69. The van der Waals surface area contributed by atoms with E-state index in [0.29, 0.717) is 36.3 Å². The highest BCUT2D eigenvalue weighted by Crippen LogP contribution is 2.28. The summed E-state index contributed by atoms with van der Waals surface area (Å²) in [5, 5.41) is 4.62. The fourth-order valence-electron chi connectivity index (χ4n) is 2.30. The zero-order valence-electron chi connectivity index (χ0n) is 11.2. The Balaban J connectivity index is 1.67. The van der Waals surface area contributed by atoms with Gasteiger partial charge in [-0.05, 0) is 19.1 Å². The van der Waals surface area contributed by atoms with Crippen LogP contribution in [-0.4, -0.2) is 38.7 Å². The Hall–Kier alpha value is -1.88. The van der Waals surface area contributed by atoms with Crippen molar-refractivity contribution in [1.82, 2.24) is 19.7 Å². The number of likely N-dealkylation sites (tertiary alicyclic amines) is 1. The van der Waals surface area contributed by atoms with Crippen molar-refractivity contribution in [2.45, 2.75) is 19.4 Å². The Morgan fingerprint density at radius 1 is 1.45 bits per heavy atom. The molecule has 0 aromatic carbocycles.